The fourth-order valence-corrected chi connectivity index (χ4v) is 4.50. The zero-order chi connectivity index (χ0) is 13.9. The second kappa shape index (κ2) is 6.61. The Morgan fingerprint density at radius 3 is 2.47 bits per heavy atom. The van der Waals surface area contributed by atoms with E-state index in [-0.39, 0.29) is 11.4 Å². The molecule has 0 amide bonds. The van der Waals surface area contributed by atoms with Gasteiger partial charge in [-0.1, -0.05) is 28.8 Å². The molecule has 1 saturated carbocycles. The molecule has 0 N–H and O–H groups in total. The highest BCUT2D eigenvalue weighted by Crippen LogP contribution is 2.36. The fraction of sp³-hybridized carbons (Fsp3) is 0.538. The van der Waals surface area contributed by atoms with Crippen molar-refractivity contribution in [2.75, 3.05) is 6.26 Å². The van der Waals surface area contributed by atoms with Gasteiger partial charge in [0.05, 0.1) is 12.4 Å². The van der Waals surface area contributed by atoms with Gasteiger partial charge >= 0.3 is 0 Å². The summed E-state index contributed by atoms with van der Waals surface area (Å²) in [5.41, 5.74) is 0. The summed E-state index contributed by atoms with van der Waals surface area (Å²) in [6.45, 7) is 0. The van der Waals surface area contributed by atoms with Crippen LogP contribution >= 0.6 is 27.7 Å². The van der Waals surface area contributed by atoms with Gasteiger partial charge in [0.2, 0.25) is 0 Å². The predicted molar refractivity (Wildman–Crippen MR) is 82.0 cm³/mol. The molecule has 1 aromatic rings. The van der Waals surface area contributed by atoms with Crippen LogP contribution in [0, 0.1) is 0 Å². The molecule has 2 atom stereocenters. The van der Waals surface area contributed by atoms with Gasteiger partial charge in [-0.15, -0.1) is 11.8 Å². The number of halogens is 1. The molecule has 106 valence electrons. The Morgan fingerprint density at radius 2 is 1.84 bits per heavy atom. The fourth-order valence-electron chi connectivity index (χ4n) is 2.22. The lowest BCUT2D eigenvalue weighted by Crippen LogP contribution is -2.31. The quantitative estimate of drug-likeness (QED) is 0.761. The Balaban J connectivity index is 2.05. The molecule has 1 aliphatic rings. The third kappa shape index (κ3) is 5.10. The average Bonchev–Trinajstić information content (AvgIpc) is 2.33. The Labute approximate surface area is 127 Å². The molecule has 1 aliphatic carbocycles. The maximum Gasteiger partial charge on any atom is 0.264 e. The zero-order valence-electron chi connectivity index (χ0n) is 10.7. The first-order valence-electron chi connectivity index (χ1n) is 6.24. The van der Waals surface area contributed by atoms with Crippen molar-refractivity contribution >= 4 is 37.8 Å². The summed E-state index contributed by atoms with van der Waals surface area (Å²) in [5, 5.41) is 0.213. The second-order valence-electron chi connectivity index (χ2n) is 4.73. The van der Waals surface area contributed by atoms with E-state index in [4.69, 9.17) is 4.18 Å². The van der Waals surface area contributed by atoms with E-state index in [0.29, 0.717) is 0 Å². The van der Waals surface area contributed by atoms with Gasteiger partial charge in [-0.2, -0.15) is 8.42 Å². The van der Waals surface area contributed by atoms with Crippen molar-refractivity contribution < 1.29 is 12.6 Å². The summed E-state index contributed by atoms with van der Waals surface area (Å²) in [7, 11) is -3.38. The zero-order valence-corrected chi connectivity index (χ0v) is 13.9. The SMILES string of the molecule is CS(=O)(=O)OC1CCCCC1Sc1ccc(Br)cc1. The van der Waals surface area contributed by atoms with E-state index in [0.717, 1.165) is 41.3 Å². The molecule has 0 bridgehead atoms. The van der Waals surface area contributed by atoms with Crippen LogP contribution in [0.5, 0.6) is 0 Å². The van der Waals surface area contributed by atoms with Gasteiger partial charge in [-0.3, -0.25) is 4.18 Å². The highest BCUT2D eigenvalue weighted by Gasteiger charge is 2.29. The van der Waals surface area contributed by atoms with Gasteiger partial charge in [-0.25, -0.2) is 0 Å². The monoisotopic (exact) mass is 364 g/mol. The second-order valence-corrected chi connectivity index (χ2v) is 8.56. The van der Waals surface area contributed by atoms with Gasteiger partial charge in [0.15, 0.2) is 0 Å². The van der Waals surface area contributed by atoms with Gasteiger partial charge in [0, 0.05) is 14.6 Å². The first-order chi connectivity index (χ1) is 8.94. The van der Waals surface area contributed by atoms with Crippen LogP contribution in [-0.4, -0.2) is 26.0 Å². The molecule has 0 spiro atoms. The third-order valence-electron chi connectivity index (χ3n) is 3.04. The first kappa shape index (κ1) is 15.4. The highest BCUT2D eigenvalue weighted by molar-refractivity contribution is 9.10. The molecule has 1 fully saturated rings. The lowest BCUT2D eigenvalue weighted by Gasteiger charge is -2.29. The summed E-state index contributed by atoms with van der Waals surface area (Å²) < 4.78 is 28.9. The van der Waals surface area contributed by atoms with E-state index >= 15 is 0 Å². The Kier molecular flexibility index (Phi) is 5.34. The molecule has 1 aromatic carbocycles. The number of thioether (sulfide) groups is 1. The molecule has 2 rings (SSSR count). The molecule has 6 heteroatoms. The minimum absolute atomic E-state index is 0.197. The van der Waals surface area contributed by atoms with E-state index in [2.05, 4.69) is 15.9 Å². The van der Waals surface area contributed by atoms with E-state index in [9.17, 15) is 8.42 Å². The molecular formula is C13H17BrO3S2. The molecule has 2 unspecified atom stereocenters. The van der Waals surface area contributed by atoms with Crippen LogP contribution in [-0.2, 0) is 14.3 Å². The molecule has 3 nitrogen and oxygen atoms in total. The molecule has 19 heavy (non-hydrogen) atoms. The summed E-state index contributed by atoms with van der Waals surface area (Å²) in [5.74, 6) is 0. The van der Waals surface area contributed by atoms with Gasteiger partial charge in [0.25, 0.3) is 10.1 Å². The van der Waals surface area contributed by atoms with Crippen molar-refractivity contribution in [3.63, 3.8) is 0 Å². The third-order valence-corrected chi connectivity index (χ3v) is 5.55. The molecular weight excluding hydrogens is 348 g/mol. The molecule has 0 aromatic heterocycles. The van der Waals surface area contributed by atoms with Crippen molar-refractivity contribution in [3.05, 3.63) is 28.7 Å². The van der Waals surface area contributed by atoms with Crippen LogP contribution in [0.25, 0.3) is 0 Å². The molecule has 0 heterocycles. The Hall–Kier alpha value is -0.0400. The van der Waals surface area contributed by atoms with E-state index in [1.807, 2.05) is 24.3 Å². The van der Waals surface area contributed by atoms with Crippen LogP contribution in [0.4, 0.5) is 0 Å². The maximum absolute atomic E-state index is 11.3. The lowest BCUT2D eigenvalue weighted by atomic mass is 9.97. The lowest BCUT2D eigenvalue weighted by molar-refractivity contribution is 0.170. The van der Waals surface area contributed by atoms with Crippen molar-refractivity contribution in [2.45, 2.75) is 41.9 Å². The van der Waals surface area contributed by atoms with Gasteiger partial charge in [0.1, 0.15) is 0 Å². The topological polar surface area (TPSA) is 43.4 Å². The number of hydrogen-bond donors (Lipinski definition) is 0. The predicted octanol–water partition coefficient (Wildman–Crippen LogP) is 3.83. The van der Waals surface area contributed by atoms with Crippen LogP contribution in [0.1, 0.15) is 25.7 Å². The van der Waals surface area contributed by atoms with E-state index < -0.39 is 10.1 Å². The summed E-state index contributed by atoms with van der Waals surface area (Å²) >= 11 is 5.12. The minimum atomic E-state index is -3.38. The normalized spacial score (nSPS) is 24.3. The summed E-state index contributed by atoms with van der Waals surface area (Å²) in [6, 6.07) is 8.08. The van der Waals surface area contributed by atoms with Crippen LogP contribution < -0.4 is 0 Å². The Bertz CT molecular complexity index is 513. The van der Waals surface area contributed by atoms with Crippen LogP contribution in [0.2, 0.25) is 0 Å². The van der Waals surface area contributed by atoms with Crippen molar-refractivity contribution in [1.82, 2.24) is 0 Å². The molecule has 0 saturated heterocycles. The van der Waals surface area contributed by atoms with Crippen molar-refractivity contribution in [3.8, 4) is 0 Å². The van der Waals surface area contributed by atoms with Crippen molar-refractivity contribution in [1.29, 1.82) is 0 Å². The largest absolute Gasteiger partial charge is 0.266 e. The Morgan fingerprint density at radius 1 is 1.21 bits per heavy atom. The summed E-state index contributed by atoms with van der Waals surface area (Å²) in [6.07, 6.45) is 4.93. The highest BCUT2D eigenvalue weighted by atomic mass is 79.9. The number of benzene rings is 1. The van der Waals surface area contributed by atoms with E-state index in [1.54, 1.807) is 11.8 Å². The van der Waals surface area contributed by atoms with Crippen molar-refractivity contribution in [2.24, 2.45) is 0 Å². The van der Waals surface area contributed by atoms with Crippen LogP contribution in [0.15, 0.2) is 33.6 Å². The molecule has 0 aliphatic heterocycles. The minimum Gasteiger partial charge on any atom is -0.266 e. The average molecular weight is 365 g/mol. The number of rotatable bonds is 4. The van der Waals surface area contributed by atoms with Gasteiger partial charge in [-0.05, 0) is 37.1 Å². The maximum atomic E-state index is 11.3. The number of hydrogen-bond acceptors (Lipinski definition) is 4. The summed E-state index contributed by atoms with van der Waals surface area (Å²) in [4.78, 5) is 1.15. The van der Waals surface area contributed by atoms with Crippen LogP contribution in [0.3, 0.4) is 0 Å². The molecule has 0 radical (unpaired) electrons. The van der Waals surface area contributed by atoms with Gasteiger partial charge < -0.3 is 0 Å². The van der Waals surface area contributed by atoms with E-state index in [1.165, 1.54) is 0 Å². The first-order valence-corrected chi connectivity index (χ1v) is 9.73. The smallest absolute Gasteiger partial charge is 0.264 e. The standard InChI is InChI=1S/C13H17BrO3S2/c1-19(15,16)17-12-4-2-3-5-13(12)18-11-8-6-10(14)7-9-11/h6-9,12-13H,2-5H2,1H3.